The molecule has 0 aromatic carbocycles. The summed E-state index contributed by atoms with van der Waals surface area (Å²) in [5.74, 6) is -2.97. The first-order valence-electron chi connectivity index (χ1n) is 15.4. The van der Waals surface area contributed by atoms with Crippen molar-refractivity contribution in [1.29, 1.82) is 0 Å². The first-order chi connectivity index (χ1) is 24.4. The molecule has 7 atom stereocenters. The monoisotopic (exact) mass is 837 g/mol. The molecule has 2 unspecified atom stereocenters. The highest BCUT2D eigenvalue weighted by atomic mass is 32.1. The number of anilines is 1. The maximum Gasteiger partial charge on any atom is 0.481 e. The number of thiol groups is 1. The van der Waals surface area contributed by atoms with Gasteiger partial charge in [-0.15, -0.1) is 0 Å². The molecule has 300 valence electrons. The Balaban J connectivity index is 1.76. The van der Waals surface area contributed by atoms with Gasteiger partial charge < -0.3 is 50.9 Å². The zero-order valence-corrected chi connectivity index (χ0v) is 32.2. The maximum absolute atomic E-state index is 13.7. The third-order valence-corrected chi connectivity index (χ3v) is 10.9. The standard InChI is InChI=1S/C25H42N7O17P3S/c1-13(2)18(34)25(32-12-31-16-21(26)29-11-30-22(16)32)19(35)17(48-50(38,39)40)14(47-25)9-45-51(41,42)49-52(43,44)46-10-24(3,4)20(36)23(37)28-6-5-15(33)27-7-8-53/h11-14,17,19-20,35-36,53H,5-10H2,1-4H3,(H,27,33)(H,28,37)(H,41,42)(H,43,44)(H2,26,29,30)(H2,38,39,40)/t14-,17-,19-,20+,25-/m1/s1. The fraction of sp³-hybridized carbons (Fsp3) is 0.680. The highest BCUT2D eigenvalue weighted by molar-refractivity contribution is 7.80. The smallest absolute Gasteiger partial charge is 0.385 e. The van der Waals surface area contributed by atoms with E-state index in [4.69, 9.17) is 24.0 Å². The summed E-state index contributed by atoms with van der Waals surface area (Å²) in [6.07, 6.45) is -6.48. The van der Waals surface area contributed by atoms with Crippen molar-refractivity contribution in [1.82, 2.24) is 30.2 Å². The summed E-state index contributed by atoms with van der Waals surface area (Å²) in [6, 6.07) is 0. The normalized spacial score (nSPS) is 23.7. The van der Waals surface area contributed by atoms with Crippen molar-refractivity contribution in [3.63, 3.8) is 0 Å². The molecule has 2 aromatic heterocycles. The largest absolute Gasteiger partial charge is 0.481 e. The number of carbonyl (C=O) groups is 3. The topological polar surface area (TPSA) is 364 Å². The summed E-state index contributed by atoms with van der Waals surface area (Å²) >= 11 is 3.95. The number of carbonyl (C=O) groups excluding carboxylic acids is 3. The summed E-state index contributed by atoms with van der Waals surface area (Å²) in [4.78, 5) is 89.4. The van der Waals surface area contributed by atoms with Gasteiger partial charge in [-0.05, 0) is 0 Å². The minimum Gasteiger partial charge on any atom is -0.385 e. The lowest BCUT2D eigenvalue weighted by Crippen LogP contribution is -2.53. The van der Waals surface area contributed by atoms with E-state index < -0.39 is 89.8 Å². The molecular formula is C25H42N7O17P3S. The number of nitrogens with two attached hydrogens (primary N) is 1. The van der Waals surface area contributed by atoms with Gasteiger partial charge in [0.25, 0.3) is 0 Å². The Morgan fingerprint density at radius 3 is 2.32 bits per heavy atom. The number of aliphatic hydroxyl groups is 2. The van der Waals surface area contributed by atoms with Crippen LogP contribution in [0.1, 0.15) is 34.1 Å². The molecule has 3 rings (SSSR count). The fourth-order valence-electron chi connectivity index (χ4n) is 4.94. The number of phosphoric acid groups is 3. The molecule has 2 amide bonds. The molecule has 0 bridgehead atoms. The van der Waals surface area contributed by atoms with Gasteiger partial charge in [-0.25, -0.2) is 28.6 Å². The third kappa shape index (κ3) is 11.3. The van der Waals surface area contributed by atoms with Crippen LogP contribution in [0.3, 0.4) is 0 Å². The van der Waals surface area contributed by atoms with Gasteiger partial charge in [0.15, 0.2) is 17.2 Å². The number of hydrogen-bond acceptors (Lipinski definition) is 18. The lowest BCUT2D eigenvalue weighted by atomic mass is 9.87. The molecule has 1 fully saturated rings. The highest BCUT2D eigenvalue weighted by Gasteiger charge is 2.63. The van der Waals surface area contributed by atoms with Crippen LogP contribution in [0.15, 0.2) is 12.7 Å². The summed E-state index contributed by atoms with van der Waals surface area (Å²) < 4.78 is 62.7. The molecule has 0 saturated carbocycles. The molecule has 24 nitrogen and oxygen atoms in total. The van der Waals surface area contributed by atoms with E-state index in [1.165, 1.54) is 27.7 Å². The van der Waals surface area contributed by atoms with E-state index >= 15 is 0 Å². The first kappa shape index (κ1) is 45.0. The van der Waals surface area contributed by atoms with Gasteiger partial charge in [0.2, 0.25) is 17.5 Å². The summed E-state index contributed by atoms with van der Waals surface area (Å²) in [7, 11) is -16.7. The average molecular weight is 838 g/mol. The van der Waals surface area contributed by atoms with Crippen molar-refractivity contribution >= 4 is 70.7 Å². The Morgan fingerprint density at radius 2 is 1.72 bits per heavy atom. The molecule has 53 heavy (non-hydrogen) atoms. The number of imidazole rings is 1. The number of phosphoric ester groups is 3. The van der Waals surface area contributed by atoms with E-state index in [0.717, 1.165) is 17.2 Å². The molecule has 1 aliphatic heterocycles. The van der Waals surface area contributed by atoms with Crippen LogP contribution in [0.4, 0.5) is 5.82 Å². The van der Waals surface area contributed by atoms with Crippen LogP contribution < -0.4 is 16.4 Å². The highest BCUT2D eigenvalue weighted by Crippen LogP contribution is 2.61. The number of ketones is 1. The number of Topliss-reactive ketones (excluding diaryl/α,β-unsaturated/α-hetero) is 1. The Hall–Kier alpha value is -2.44. The third-order valence-electron chi connectivity index (χ3n) is 7.55. The van der Waals surface area contributed by atoms with Crippen LogP contribution in [0.5, 0.6) is 0 Å². The number of nitrogens with zero attached hydrogens (tertiary/aromatic N) is 4. The summed E-state index contributed by atoms with van der Waals surface area (Å²) in [5.41, 5.74) is 1.37. The molecule has 0 spiro atoms. The van der Waals surface area contributed by atoms with Crippen molar-refractivity contribution in [3.05, 3.63) is 12.7 Å². The number of aromatic nitrogens is 4. The predicted molar refractivity (Wildman–Crippen MR) is 182 cm³/mol. The first-order valence-corrected chi connectivity index (χ1v) is 20.6. The number of rotatable bonds is 20. The number of amides is 2. The van der Waals surface area contributed by atoms with Crippen molar-refractivity contribution in [3.8, 4) is 0 Å². The van der Waals surface area contributed by atoms with Crippen molar-refractivity contribution < 1.29 is 80.5 Å². The molecule has 1 saturated heterocycles. The van der Waals surface area contributed by atoms with Gasteiger partial charge in [-0.1, -0.05) is 27.7 Å². The Kier molecular flexibility index (Phi) is 14.9. The van der Waals surface area contributed by atoms with E-state index in [-0.39, 0.29) is 35.9 Å². The molecular weight excluding hydrogens is 795 g/mol. The molecule has 0 aliphatic carbocycles. The predicted octanol–water partition coefficient (Wildman–Crippen LogP) is -1.29. The van der Waals surface area contributed by atoms with Crippen molar-refractivity contribution in [2.45, 2.75) is 64.3 Å². The molecule has 3 heterocycles. The van der Waals surface area contributed by atoms with Crippen LogP contribution in [-0.4, -0.2) is 123 Å². The lowest BCUT2D eigenvalue weighted by molar-refractivity contribution is -0.176. The maximum atomic E-state index is 13.7. The van der Waals surface area contributed by atoms with Crippen molar-refractivity contribution in [2.75, 3.05) is 37.8 Å². The van der Waals surface area contributed by atoms with Gasteiger partial charge in [-0.2, -0.15) is 16.9 Å². The van der Waals surface area contributed by atoms with Crippen LogP contribution in [0.2, 0.25) is 0 Å². The zero-order valence-electron chi connectivity index (χ0n) is 28.6. The van der Waals surface area contributed by atoms with Crippen LogP contribution in [-0.2, 0) is 56.4 Å². The summed E-state index contributed by atoms with van der Waals surface area (Å²) in [5, 5.41) is 26.8. The fourth-order valence-corrected chi connectivity index (χ4v) is 7.88. The van der Waals surface area contributed by atoms with E-state index in [1.54, 1.807) is 0 Å². The second-order valence-electron chi connectivity index (χ2n) is 12.5. The molecule has 28 heteroatoms. The molecule has 10 N–H and O–H groups in total. The number of fused-ring (bicyclic) bond motifs is 1. The van der Waals surface area contributed by atoms with E-state index in [1.807, 2.05) is 0 Å². The second kappa shape index (κ2) is 17.6. The number of nitrogens with one attached hydrogen (secondary N) is 2. The van der Waals surface area contributed by atoms with E-state index in [2.05, 4.69) is 42.5 Å². The molecule has 2 aromatic rings. The zero-order chi connectivity index (χ0) is 40.2. The van der Waals surface area contributed by atoms with Gasteiger partial charge in [0.05, 0.1) is 13.2 Å². The number of aliphatic hydroxyl groups excluding tert-OH is 2. The van der Waals surface area contributed by atoms with Gasteiger partial charge in [-0.3, -0.25) is 32.5 Å². The lowest BCUT2D eigenvalue weighted by Gasteiger charge is -2.33. The number of nitrogen functional groups attached to an aromatic ring is 1. The molecule has 0 radical (unpaired) electrons. The van der Waals surface area contributed by atoms with Crippen LogP contribution in [0.25, 0.3) is 11.2 Å². The minimum absolute atomic E-state index is 0.0563. The second-order valence-corrected chi connectivity index (χ2v) is 17.2. The summed E-state index contributed by atoms with van der Waals surface area (Å²) in [6.45, 7) is 3.24. The number of hydrogen-bond donors (Lipinski definition) is 10. The van der Waals surface area contributed by atoms with E-state index in [9.17, 15) is 57.9 Å². The SMILES string of the molecule is CC(C)C(=O)[C@@]1(n2cnc3c(N)ncnc32)O[C@H](COP(=O)(O)OP(=O)(O)OCC(C)(C)[C@@H](O)C(=O)NCCC(=O)NCCS)[C@@H](OP(=O)(O)O)[C@H]1O. The van der Waals surface area contributed by atoms with Crippen LogP contribution >= 0.6 is 36.1 Å². The number of ether oxygens (including phenoxy) is 1. The van der Waals surface area contributed by atoms with Gasteiger partial charge in [0, 0.05) is 36.6 Å². The van der Waals surface area contributed by atoms with E-state index in [0.29, 0.717) is 12.3 Å². The Labute approximate surface area is 307 Å². The van der Waals surface area contributed by atoms with Crippen molar-refractivity contribution in [2.24, 2.45) is 11.3 Å². The van der Waals surface area contributed by atoms with Gasteiger partial charge in [0.1, 0.15) is 42.6 Å². The minimum atomic E-state index is -5.69. The average Bonchev–Trinajstić information content (AvgIpc) is 3.60. The Morgan fingerprint density at radius 1 is 1.08 bits per heavy atom. The van der Waals surface area contributed by atoms with Crippen LogP contribution in [0, 0.1) is 11.3 Å². The quantitative estimate of drug-likeness (QED) is 0.0548. The molecule has 1 aliphatic rings. The van der Waals surface area contributed by atoms with Gasteiger partial charge >= 0.3 is 23.5 Å². The Bertz CT molecular complexity index is 1790.